The van der Waals surface area contributed by atoms with Crippen molar-refractivity contribution in [3.05, 3.63) is 63.1 Å². The molecule has 0 bridgehead atoms. The van der Waals surface area contributed by atoms with Gasteiger partial charge < -0.3 is 15.0 Å². The van der Waals surface area contributed by atoms with Gasteiger partial charge >= 0.3 is 0 Å². The molecule has 0 aliphatic carbocycles. The maximum absolute atomic E-state index is 13.3. The van der Waals surface area contributed by atoms with Crippen molar-refractivity contribution in [2.45, 2.75) is 59.5 Å². The first kappa shape index (κ1) is 26.0. The maximum atomic E-state index is 13.3. The standard InChI is InChI=1S/C25H32Cl2N2O3/c1-5-7-13-28-25(31)22(6-2)29(15-19-20(26)9-8-10-21(19)27)24(30)16-32-23-14-17(3)11-12-18(23)4/h8-12,14,22H,5-7,13,15-16H2,1-4H3,(H,28,31)/t22-/m1/s1. The second-order valence-electron chi connectivity index (χ2n) is 7.85. The fourth-order valence-corrected chi connectivity index (χ4v) is 3.88. The Morgan fingerprint density at radius 1 is 1.09 bits per heavy atom. The minimum Gasteiger partial charge on any atom is -0.483 e. The second-order valence-corrected chi connectivity index (χ2v) is 8.66. The summed E-state index contributed by atoms with van der Waals surface area (Å²) in [5.74, 6) is 0.151. The van der Waals surface area contributed by atoms with Gasteiger partial charge in [0.1, 0.15) is 11.8 Å². The highest BCUT2D eigenvalue weighted by molar-refractivity contribution is 6.36. The summed E-state index contributed by atoms with van der Waals surface area (Å²) in [6, 6.07) is 10.4. The van der Waals surface area contributed by atoms with Crippen LogP contribution in [0.1, 0.15) is 49.8 Å². The van der Waals surface area contributed by atoms with E-state index in [0.717, 1.165) is 24.0 Å². The predicted octanol–water partition coefficient (Wildman–Crippen LogP) is 5.71. The predicted molar refractivity (Wildman–Crippen MR) is 130 cm³/mol. The fraction of sp³-hybridized carbons (Fsp3) is 0.440. The summed E-state index contributed by atoms with van der Waals surface area (Å²) in [6.07, 6.45) is 2.30. The Labute approximate surface area is 201 Å². The number of nitrogens with zero attached hydrogens (tertiary/aromatic N) is 1. The molecule has 0 heterocycles. The van der Waals surface area contributed by atoms with E-state index in [1.54, 1.807) is 18.2 Å². The Bertz CT molecular complexity index is 913. The first-order valence-electron chi connectivity index (χ1n) is 11.0. The molecule has 174 valence electrons. The number of rotatable bonds is 11. The van der Waals surface area contributed by atoms with Crippen molar-refractivity contribution in [2.75, 3.05) is 13.2 Å². The molecule has 0 saturated heterocycles. The highest BCUT2D eigenvalue weighted by atomic mass is 35.5. The van der Waals surface area contributed by atoms with Crippen LogP contribution in [0.25, 0.3) is 0 Å². The molecule has 2 rings (SSSR count). The van der Waals surface area contributed by atoms with Gasteiger partial charge in [-0.15, -0.1) is 0 Å². The molecule has 0 spiro atoms. The monoisotopic (exact) mass is 478 g/mol. The van der Waals surface area contributed by atoms with Gasteiger partial charge in [-0.3, -0.25) is 9.59 Å². The van der Waals surface area contributed by atoms with Gasteiger partial charge in [0.25, 0.3) is 5.91 Å². The lowest BCUT2D eigenvalue weighted by molar-refractivity contribution is -0.143. The number of amides is 2. The molecule has 0 aliphatic heterocycles. The van der Waals surface area contributed by atoms with Crippen LogP contribution in [0.5, 0.6) is 5.75 Å². The third-order valence-electron chi connectivity index (χ3n) is 5.30. The van der Waals surface area contributed by atoms with Gasteiger partial charge in [-0.2, -0.15) is 0 Å². The van der Waals surface area contributed by atoms with Gasteiger partial charge in [-0.05, 0) is 56.0 Å². The van der Waals surface area contributed by atoms with E-state index in [4.69, 9.17) is 27.9 Å². The first-order chi connectivity index (χ1) is 15.3. The topological polar surface area (TPSA) is 58.6 Å². The van der Waals surface area contributed by atoms with Crippen molar-refractivity contribution in [1.82, 2.24) is 10.2 Å². The van der Waals surface area contributed by atoms with E-state index in [0.29, 0.717) is 34.3 Å². The minimum absolute atomic E-state index is 0.118. The van der Waals surface area contributed by atoms with Crippen LogP contribution in [0.15, 0.2) is 36.4 Å². The van der Waals surface area contributed by atoms with Crippen molar-refractivity contribution in [2.24, 2.45) is 0 Å². The van der Waals surface area contributed by atoms with Crippen LogP contribution in [0.4, 0.5) is 0 Å². The van der Waals surface area contributed by atoms with Crippen LogP contribution in [-0.2, 0) is 16.1 Å². The number of unbranched alkanes of at least 4 members (excludes halogenated alkanes) is 1. The molecule has 1 atom stereocenters. The number of hydrogen-bond acceptors (Lipinski definition) is 3. The van der Waals surface area contributed by atoms with Crippen LogP contribution in [0.2, 0.25) is 10.0 Å². The molecule has 2 aromatic carbocycles. The molecule has 0 radical (unpaired) electrons. The lowest BCUT2D eigenvalue weighted by Crippen LogP contribution is -2.50. The Hall–Kier alpha value is -2.24. The molecule has 2 amide bonds. The normalized spacial score (nSPS) is 11.7. The molecule has 0 aliphatic rings. The molecule has 32 heavy (non-hydrogen) atoms. The van der Waals surface area contributed by atoms with Crippen LogP contribution in [0.3, 0.4) is 0 Å². The van der Waals surface area contributed by atoms with E-state index < -0.39 is 6.04 Å². The molecule has 0 unspecified atom stereocenters. The largest absolute Gasteiger partial charge is 0.483 e. The molecule has 7 heteroatoms. The fourth-order valence-electron chi connectivity index (χ4n) is 3.36. The second kappa shape index (κ2) is 12.7. The Kier molecular flexibility index (Phi) is 10.3. The van der Waals surface area contributed by atoms with Crippen molar-refractivity contribution >= 4 is 35.0 Å². The van der Waals surface area contributed by atoms with Crippen molar-refractivity contribution in [3.63, 3.8) is 0 Å². The first-order valence-corrected chi connectivity index (χ1v) is 11.7. The number of carbonyl (C=O) groups is 2. The minimum atomic E-state index is -0.658. The third kappa shape index (κ3) is 7.14. The number of carbonyl (C=O) groups excluding carboxylic acids is 2. The van der Waals surface area contributed by atoms with E-state index in [-0.39, 0.29) is 25.0 Å². The summed E-state index contributed by atoms with van der Waals surface area (Å²) < 4.78 is 5.84. The molecular weight excluding hydrogens is 447 g/mol. The maximum Gasteiger partial charge on any atom is 0.261 e. The number of hydrogen-bond donors (Lipinski definition) is 1. The van der Waals surface area contributed by atoms with Crippen LogP contribution >= 0.6 is 23.2 Å². The Morgan fingerprint density at radius 2 is 1.78 bits per heavy atom. The summed E-state index contributed by atoms with van der Waals surface area (Å²) in [7, 11) is 0. The lowest BCUT2D eigenvalue weighted by Gasteiger charge is -2.31. The summed E-state index contributed by atoms with van der Waals surface area (Å²) in [4.78, 5) is 27.7. The third-order valence-corrected chi connectivity index (χ3v) is 6.01. The van der Waals surface area contributed by atoms with Gasteiger partial charge in [0.2, 0.25) is 5.91 Å². The number of benzene rings is 2. The van der Waals surface area contributed by atoms with Gasteiger partial charge in [0, 0.05) is 28.7 Å². The van der Waals surface area contributed by atoms with Gasteiger partial charge in [0.05, 0.1) is 0 Å². The highest BCUT2D eigenvalue weighted by Crippen LogP contribution is 2.27. The lowest BCUT2D eigenvalue weighted by atomic mass is 10.1. The van der Waals surface area contributed by atoms with Gasteiger partial charge in [0.15, 0.2) is 6.61 Å². The Balaban J connectivity index is 2.27. The molecule has 5 nitrogen and oxygen atoms in total. The van der Waals surface area contributed by atoms with Crippen LogP contribution in [0, 0.1) is 13.8 Å². The van der Waals surface area contributed by atoms with Gasteiger partial charge in [-0.1, -0.05) is 61.7 Å². The average molecular weight is 479 g/mol. The number of halogens is 2. The number of aryl methyl sites for hydroxylation is 2. The molecule has 2 aromatic rings. The van der Waals surface area contributed by atoms with Gasteiger partial charge in [-0.25, -0.2) is 0 Å². The number of nitrogens with one attached hydrogen (secondary N) is 1. The van der Waals surface area contributed by atoms with E-state index in [9.17, 15) is 9.59 Å². The zero-order chi connectivity index (χ0) is 23.7. The SMILES string of the molecule is CCCCNC(=O)[C@@H](CC)N(Cc1c(Cl)cccc1Cl)C(=O)COc1cc(C)ccc1C. The van der Waals surface area contributed by atoms with E-state index in [1.807, 2.05) is 39.0 Å². The van der Waals surface area contributed by atoms with Crippen molar-refractivity contribution in [3.8, 4) is 5.75 Å². The summed E-state index contributed by atoms with van der Waals surface area (Å²) in [6.45, 7) is 8.33. The zero-order valence-corrected chi connectivity index (χ0v) is 20.7. The molecular formula is C25H32Cl2N2O3. The Morgan fingerprint density at radius 3 is 2.41 bits per heavy atom. The smallest absolute Gasteiger partial charge is 0.261 e. The van der Waals surface area contributed by atoms with E-state index in [2.05, 4.69) is 12.2 Å². The average Bonchev–Trinajstić information content (AvgIpc) is 2.76. The molecule has 0 aromatic heterocycles. The van der Waals surface area contributed by atoms with Crippen molar-refractivity contribution in [1.29, 1.82) is 0 Å². The highest BCUT2D eigenvalue weighted by Gasteiger charge is 2.30. The summed E-state index contributed by atoms with van der Waals surface area (Å²) in [5, 5.41) is 3.84. The van der Waals surface area contributed by atoms with E-state index >= 15 is 0 Å². The van der Waals surface area contributed by atoms with E-state index in [1.165, 1.54) is 4.90 Å². The quantitative estimate of drug-likeness (QED) is 0.420. The molecule has 0 saturated carbocycles. The number of ether oxygens (including phenoxy) is 1. The molecule has 0 fully saturated rings. The van der Waals surface area contributed by atoms with Crippen LogP contribution in [-0.4, -0.2) is 35.9 Å². The summed E-state index contributed by atoms with van der Waals surface area (Å²) >= 11 is 12.7. The van der Waals surface area contributed by atoms with Crippen LogP contribution < -0.4 is 10.1 Å². The zero-order valence-electron chi connectivity index (χ0n) is 19.2. The van der Waals surface area contributed by atoms with Crippen molar-refractivity contribution < 1.29 is 14.3 Å². The summed E-state index contributed by atoms with van der Waals surface area (Å²) in [5.41, 5.74) is 2.59. The molecule has 1 N–H and O–H groups in total.